The van der Waals surface area contributed by atoms with Gasteiger partial charge in [0.15, 0.2) is 17.4 Å². The molecule has 154 valence electrons. The second kappa shape index (κ2) is 8.25. The molecule has 29 heavy (non-hydrogen) atoms. The summed E-state index contributed by atoms with van der Waals surface area (Å²) < 4.78 is 47.6. The maximum Gasteiger partial charge on any atom is 0.190 e. The molecule has 2 aliphatic carbocycles. The molecule has 0 aliphatic heterocycles. The summed E-state index contributed by atoms with van der Waals surface area (Å²) in [7, 11) is 1.20. The van der Waals surface area contributed by atoms with Gasteiger partial charge in [-0.05, 0) is 91.5 Å². The van der Waals surface area contributed by atoms with Gasteiger partial charge >= 0.3 is 0 Å². The van der Waals surface area contributed by atoms with E-state index in [0.717, 1.165) is 36.5 Å². The molecule has 0 radical (unpaired) electrons. The lowest BCUT2D eigenvalue weighted by atomic mass is 9.64. The van der Waals surface area contributed by atoms with Gasteiger partial charge in [0, 0.05) is 5.56 Å². The first-order valence-corrected chi connectivity index (χ1v) is 10.5. The van der Waals surface area contributed by atoms with Crippen molar-refractivity contribution in [2.75, 3.05) is 7.11 Å². The smallest absolute Gasteiger partial charge is 0.190 e. The van der Waals surface area contributed by atoms with Crippen molar-refractivity contribution in [3.8, 4) is 16.9 Å². The van der Waals surface area contributed by atoms with Crippen LogP contribution in [0.4, 0.5) is 13.2 Å². The monoisotopic (exact) mass is 400 g/mol. The molecule has 0 spiro atoms. The van der Waals surface area contributed by atoms with Crippen LogP contribution in [-0.4, -0.2) is 7.11 Å². The second-order valence-corrected chi connectivity index (χ2v) is 8.55. The first kappa shape index (κ1) is 20.1. The van der Waals surface area contributed by atoms with Crippen LogP contribution in [0.2, 0.25) is 0 Å². The van der Waals surface area contributed by atoms with Gasteiger partial charge in [-0.1, -0.05) is 18.2 Å². The molecule has 2 aromatic carbocycles. The fraction of sp³-hybridized carbons (Fsp3) is 0.440. The van der Waals surface area contributed by atoms with Crippen molar-refractivity contribution in [2.45, 2.75) is 44.4 Å². The van der Waals surface area contributed by atoms with Crippen LogP contribution in [-0.2, 0) is 0 Å². The van der Waals surface area contributed by atoms with E-state index in [9.17, 15) is 13.2 Å². The van der Waals surface area contributed by atoms with E-state index < -0.39 is 23.2 Å². The van der Waals surface area contributed by atoms with E-state index in [1.807, 2.05) is 6.07 Å². The Kier molecular flexibility index (Phi) is 5.71. The molecule has 0 heterocycles. The molecule has 0 aromatic heterocycles. The topological polar surface area (TPSA) is 9.23 Å². The van der Waals surface area contributed by atoms with Crippen LogP contribution in [0.15, 0.2) is 43.0 Å². The van der Waals surface area contributed by atoms with Gasteiger partial charge in [-0.3, -0.25) is 0 Å². The van der Waals surface area contributed by atoms with E-state index in [1.54, 1.807) is 12.1 Å². The van der Waals surface area contributed by atoms with E-state index >= 15 is 0 Å². The molecule has 2 aromatic rings. The Labute approximate surface area is 170 Å². The maximum atomic E-state index is 14.9. The zero-order valence-electron chi connectivity index (χ0n) is 16.8. The summed E-state index contributed by atoms with van der Waals surface area (Å²) in [6.07, 6.45) is 9.11. The Morgan fingerprint density at radius 3 is 2.24 bits per heavy atom. The highest BCUT2D eigenvalue weighted by molar-refractivity contribution is 5.66. The Balaban J connectivity index is 1.53. The summed E-state index contributed by atoms with van der Waals surface area (Å²) in [5.74, 6) is -0.0920. The Morgan fingerprint density at radius 1 is 0.897 bits per heavy atom. The minimum absolute atomic E-state index is 0.177. The minimum atomic E-state index is -0.834. The number of hydrogen-bond acceptors (Lipinski definition) is 1. The maximum absolute atomic E-state index is 14.9. The third-order valence-corrected chi connectivity index (χ3v) is 6.96. The van der Waals surface area contributed by atoms with Crippen LogP contribution in [0, 0.1) is 35.2 Å². The van der Waals surface area contributed by atoms with Gasteiger partial charge in [-0.25, -0.2) is 13.2 Å². The van der Waals surface area contributed by atoms with Crippen molar-refractivity contribution in [3.05, 3.63) is 66.0 Å². The van der Waals surface area contributed by atoms with Crippen LogP contribution >= 0.6 is 0 Å². The highest BCUT2D eigenvalue weighted by atomic mass is 19.1. The molecule has 4 rings (SSSR count). The van der Waals surface area contributed by atoms with E-state index in [0.29, 0.717) is 17.8 Å². The molecule has 0 amide bonds. The number of halogens is 3. The van der Waals surface area contributed by atoms with Gasteiger partial charge in [-0.15, -0.1) is 6.58 Å². The first-order chi connectivity index (χ1) is 14.0. The third-order valence-electron chi connectivity index (χ3n) is 6.96. The highest BCUT2D eigenvalue weighted by Gasteiger charge is 2.35. The van der Waals surface area contributed by atoms with Crippen molar-refractivity contribution < 1.29 is 17.9 Å². The number of rotatable bonds is 4. The lowest BCUT2D eigenvalue weighted by molar-refractivity contribution is 0.133. The van der Waals surface area contributed by atoms with Gasteiger partial charge in [0.2, 0.25) is 0 Å². The van der Waals surface area contributed by atoms with Gasteiger partial charge in [0.05, 0.1) is 7.11 Å². The van der Waals surface area contributed by atoms with Crippen LogP contribution < -0.4 is 4.74 Å². The van der Waals surface area contributed by atoms with Crippen molar-refractivity contribution >= 4 is 0 Å². The lowest BCUT2D eigenvalue weighted by Gasteiger charge is -2.41. The van der Waals surface area contributed by atoms with Crippen molar-refractivity contribution in [2.24, 2.45) is 17.8 Å². The number of hydrogen-bond donors (Lipinski definition) is 0. The molecular weight excluding hydrogens is 373 g/mol. The zero-order valence-corrected chi connectivity index (χ0v) is 16.8. The molecule has 0 saturated heterocycles. The molecule has 0 N–H and O–H groups in total. The highest BCUT2D eigenvalue weighted by Crippen LogP contribution is 2.48. The molecule has 4 atom stereocenters. The summed E-state index contributed by atoms with van der Waals surface area (Å²) in [5.41, 5.74) is 1.37. The largest absolute Gasteiger partial charge is 0.491 e. The van der Waals surface area contributed by atoms with E-state index in [4.69, 9.17) is 4.74 Å². The summed E-state index contributed by atoms with van der Waals surface area (Å²) in [6.45, 7) is 3.95. The standard InChI is InChI=1S/C25H27F3O/c1-3-15-4-5-17-11-18(7-6-16(17)10-15)19-8-9-21(22(26)12-19)20-13-23(27)25(29-2)24(28)14-20/h3,8-9,12-18H,1,4-7,10-11H2,2H3. The second-order valence-electron chi connectivity index (χ2n) is 8.55. The Morgan fingerprint density at radius 2 is 1.59 bits per heavy atom. The zero-order chi connectivity index (χ0) is 20.5. The van der Waals surface area contributed by atoms with E-state index in [-0.39, 0.29) is 11.1 Å². The third kappa shape index (κ3) is 3.94. The molecular formula is C25H27F3O. The summed E-state index contributed by atoms with van der Waals surface area (Å²) in [6, 6.07) is 7.34. The Bertz CT molecular complexity index is 884. The average molecular weight is 400 g/mol. The lowest BCUT2D eigenvalue weighted by Crippen LogP contribution is -2.29. The van der Waals surface area contributed by atoms with Crippen LogP contribution in [0.5, 0.6) is 5.75 Å². The molecule has 2 saturated carbocycles. The predicted molar refractivity (Wildman–Crippen MR) is 109 cm³/mol. The fourth-order valence-corrected chi connectivity index (χ4v) is 5.37. The van der Waals surface area contributed by atoms with Crippen molar-refractivity contribution in [1.29, 1.82) is 0 Å². The molecule has 0 bridgehead atoms. The van der Waals surface area contributed by atoms with Crippen molar-refractivity contribution in [1.82, 2.24) is 0 Å². The summed E-state index contributed by atoms with van der Waals surface area (Å²) in [5, 5.41) is 0. The molecule has 4 heteroatoms. The predicted octanol–water partition coefficient (Wildman–Crippen LogP) is 7.27. The summed E-state index contributed by atoms with van der Waals surface area (Å²) >= 11 is 0. The quantitative estimate of drug-likeness (QED) is 0.491. The van der Waals surface area contributed by atoms with Crippen LogP contribution in [0.25, 0.3) is 11.1 Å². The van der Waals surface area contributed by atoms with Crippen LogP contribution in [0.3, 0.4) is 0 Å². The number of allylic oxidation sites excluding steroid dienone is 1. The SMILES string of the molecule is C=CC1CCC2CC(c3ccc(-c4cc(F)c(OC)c(F)c4)c(F)c3)CCC2C1. The Hall–Kier alpha value is -2.23. The van der Waals surface area contributed by atoms with Crippen LogP contribution in [0.1, 0.15) is 50.0 Å². The number of benzene rings is 2. The number of methoxy groups -OCH3 is 1. The van der Waals surface area contributed by atoms with Gasteiger partial charge in [0.1, 0.15) is 5.82 Å². The van der Waals surface area contributed by atoms with Gasteiger partial charge in [-0.2, -0.15) is 0 Å². The normalized spacial score (nSPS) is 26.6. The van der Waals surface area contributed by atoms with E-state index in [1.165, 1.54) is 32.8 Å². The molecule has 2 aliphatic rings. The number of ether oxygens (including phenoxy) is 1. The fourth-order valence-electron chi connectivity index (χ4n) is 5.37. The van der Waals surface area contributed by atoms with E-state index in [2.05, 4.69) is 12.7 Å². The van der Waals surface area contributed by atoms with Gasteiger partial charge < -0.3 is 4.74 Å². The average Bonchev–Trinajstić information content (AvgIpc) is 2.72. The van der Waals surface area contributed by atoms with Crippen molar-refractivity contribution in [3.63, 3.8) is 0 Å². The molecule has 4 unspecified atom stereocenters. The number of fused-ring (bicyclic) bond motifs is 1. The molecule has 1 nitrogen and oxygen atoms in total. The first-order valence-electron chi connectivity index (χ1n) is 10.5. The molecule has 2 fully saturated rings. The minimum Gasteiger partial charge on any atom is -0.491 e. The summed E-state index contributed by atoms with van der Waals surface area (Å²) in [4.78, 5) is 0. The van der Waals surface area contributed by atoms with Gasteiger partial charge in [0.25, 0.3) is 0 Å².